The molecule has 93 heavy (non-hydrogen) atoms. The second-order valence-electron chi connectivity index (χ2n) is 29.5. The van der Waals surface area contributed by atoms with Crippen molar-refractivity contribution in [2.75, 3.05) is 47.5 Å². The summed E-state index contributed by atoms with van der Waals surface area (Å²) in [6.07, 6.45) is 97.2. The standard InChI is InChI=1S/C83H160NO8P/c1-6-8-10-12-14-16-18-20-22-24-26-28-30-32-34-36-38-39-40-41-42-43-44-46-47-49-51-53-55-57-59-61-63-65-67-69-71-73-75-82(85)89-79-81(80-91-93(87,88)90-78-77-84(3,4)5)92-83(86)76-74-72-70-68-66-64-62-60-58-56-54-52-50-48-45-37-35-33-31-29-27-25-23-21-19-17-15-13-11-9-7-2/h19,21,25,27,31,33,81H,6-18,20,22-24,26,28-30,32,34-80H2,1-5H3/b21-19-,27-25-,33-31-. The van der Waals surface area contributed by atoms with E-state index >= 15 is 0 Å². The molecule has 0 heterocycles. The number of rotatable bonds is 78. The third kappa shape index (κ3) is 79.1. The SMILES string of the molecule is CCCCCCC/C=C\C/C=C\C/C=C\CCCCCCCCCCCCCCCCCCC(=O)OC(COC(=O)CCCCCCCCCCCCCCCCCCCCCCCCCCCCCCCCCCCCCCCC)COP(=O)([O-])OCC[N+](C)(C)C. The van der Waals surface area contributed by atoms with Crippen LogP contribution in [-0.4, -0.2) is 70.0 Å². The molecule has 0 aromatic heterocycles. The molecule has 0 rings (SSSR count). The zero-order valence-electron chi connectivity index (χ0n) is 63.0. The molecule has 0 aliphatic carbocycles. The number of nitrogens with zero attached hydrogens (tertiary/aromatic N) is 1. The zero-order valence-corrected chi connectivity index (χ0v) is 63.9. The maximum absolute atomic E-state index is 12.9. The Labute approximate surface area is 580 Å². The Hall–Kier alpha value is -1.77. The quantitative estimate of drug-likeness (QED) is 0.0195. The van der Waals surface area contributed by atoms with Crippen LogP contribution >= 0.6 is 7.82 Å². The maximum Gasteiger partial charge on any atom is 0.306 e. The molecule has 0 aliphatic rings. The van der Waals surface area contributed by atoms with E-state index in [-0.39, 0.29) is 32.0 Å². The van der Waals surface area contributed by atoms with Gasteiger partial charge in [0, 0.05) is 12.8 Å². The second kappa shape index (κ2) is 74.5. The number of unbranched alkanes of at least 4 members (excludes halogenated alkanes) is 58. The van der Waals surface area contributed by atoms with Gasteiger partial charge in [0.1, 0.15) is 19.8 Å². The van der Waals surface area contributed by atoms with Gasteiger partial charge >= 0.3 is 11.9 Å². The largest absolute Gasteiger partial charge is 0.756 e. The fraction of sp³-hybridized carbons (Fsp3) is 0.904. The summed E-state index contributed by atoms with van der Waals surface area (Å²) in [5.74, 6) is -0.809. The molecule has 0 fully saturated rings. The lowest BCUT2D eigenvalue weighted by Gasteiger charge is -2.28. The monoisotopic (exact) mass is 1330 g/mol. The van der Waals surface area contributed by atoms with Crippen molar-refractivity contribution in [2.24, 2.45) is 0 Å². The lowest BCUT2D eigenvalue weighted by Crippen LogP contribution is -2.37. The van der Waals surface area contributed by atoms with E-state index in [0.717, 1.165) is 51.4 Å². The van der Waals surface area contributed by atoms with Crippen LogP contribution in [0.3, 0.4) is 0 Å². The van der Waals surface area contributed by atoms with Gasteiger partial charge in [-0.15, -0.1) is 0 Å². The summed E-state index contributed by atoms with van der Waals surface area (Å²) in [4.78, 5) is 38.2. The van der Waals surface area contributed by atoms with Gasteiger partial charge in [-0.25, -0.2) is 0 Å². The molecule has 0 bridgehead atoms. The lowest BCUT2D eigenvalue weighted by molar-refractivity contribution is -0.870. The fourth-order valence-corrected chi connectivity index (χ4v) is 13.3. The number of allylic oxidation sites excluding steroid dienone is 6. The molecule has 0 amide bonds. The van der Waals surface area contributed by atoms with Gasteiger partial charge in [-0.1, -0.05) is 403 Å². The van der Waals surface area contributed by atoms with E-state index in [4.69, 9.17) is 18.5 Å². The Morgan fingerprint density at radius 2 is 0.581 bits per heavy atom. The van der Waals surface area contributed by atoms with Crippen molar-refractivity contribution in [3.8, 4) is 0 Å². The second-order valence-corrected chi connectivity index (χ2v) is 30.9. The number of phosphoric ester groups is 1. The van der Waals surface area contributed by atoms with Gasteiger partial charge in [-0.2, -0.15) is 0 Å². The van der Waals surface area contributed by atoms with Gasteiger partial charge in [-0.3, -0.25) is 14.2 Å². The molecule has 0 spiro atoms. The minimum absolute atomic E-state index is 0.0279. The van der Waals surface area contributed by atoms with Gasteiger partial charge < -0.3 is 27.9 Å². The van der Waals surface area contributed by atoms with Crippen molar-refractivity contribution in [3.63, 3.8) is 0 Å². The summed E-state index contributed by atoms with van der Waals surface area (Å²) in [5, 5.41) is 0. The van der Waals surface area contributed by atoms with Crippen LogP contribution in [0.1, 0.15) is 431 Å². The Morgan fingerprint density at radius 1 is 0.333 bits per heavy atom. The Kier molecular flexibility index (Phi) is 73.0. The topological polar surface area (TPSA) is 111 Å². The average molecular weight is 1330 g/mol. The van der Waals surface area contributed by atoms with Crippen LogP contribution < -0.4 is 4.89 Å². The molecular formula is C83H160NO8P. The predicted octanol–water partition coefficient (Wildman–Crippen LogP) is 26.7. The minimum atomic E-state index is -4.64. The number of hydrogen-bond donors (Lipinski definition) is 0. The highest BCUT2D eigenvalue weighted by molar-refractivity contribution is 7.45. The van der Waals surface area contributed by atoms with E-state index < -0.39 is 26.5 Å². The first-order valence-corrected chi connectivity index (χ1v) is 42.7. The fourth-order valence-electron chi connectivity index (χ4n) is 12.6. The summed E-state index contributed by atoms with van der Waals surface area (Å²) in [7, 11) is 1.19. The maximum atomic E-state index is 12.9. The number of likely N-dealkylation sites (N-methyl/N-ethyl adjacent to an activating group) is 1. The van der Waals surface area contributed by atoms with Gasteiger partial charge in [0.2, 0.25) is 0 Å². The molecule has 10 heteroatoms. The number of carbonyl (C=O) groups is 2. The van der Waals surface area contributed by atoms with Gasteiger partial charge in [0.05, 0.1) is 27.7 Å². The molecule has 0 N–H and O–H groups in total. The molecule has 2 unspecified atom stereocenters. The molecule has 0 saturated heterocycles. The van der Waals surface area contributed by atoms with Crippen molar-refractivity contribution in [2.45, 2.75) is 437 Å². The first-order chi connectivity index (χ1) is 45.5. The van der Waals surface area contributed by atoms with Crippen molar-refractivity contribution < 1.29 is 42.1 Å². The van der Waals surface area contributed by atoms with Crippen molar-refractivity contribution in [1.29, 1.82) is 0 Å². The normalized spacial score (nSPS) is 13.1. The summed E-state index contributed by atoms with van der Waals surface area (Å²) < 4.78 is 34.4. The van der Waals surface area contributed by atoms with E-state index in [1.807, 2.05) is 21.1 Å². The molecule has 0 radical (unpaired) electrons. The first-order valence-electron chi connectivity index (χ1n) is 41.2. The molecule has 0 aliphatic heterocycles. The molecule has 0 aromatic carbocycles. The Bertz CT molecular complexity index is 1660. The molecule has 0 aromatic rings. The smallest absolute Gasteiger partial charge is 0.306 e. The number of carbonyl (C=O) groups excluding carboxylic acids is 2. The predicted molar refractivity (Wildman–Crippen MR) is 402 cm³/mol. The van der Waals surface area contributed by atoms with Gasteiger partial charge in [0.25, 0.3) is 7.82 Å². The molecular weight excluding hydrogens is 1170 g/mol. The van der Waals surface area contributed by atoms with Crippen LogP contribution in [-0.2, 0) is 32.7 Å². The van der Waals surface area contributed by atoms with Gasteiger partial charge in [0.15, 0.2) is 6.10 Å². The number of hydrogen-bond acceptors (Lipinski definition) is 8. The summed E-state index contributed by atoms with van der Waals surface area (Å²) in [6.45, 7) is 4.31. The molecule has 0 saturated carbocycles. The zero-order chi connectivity index (χ0) is 67.6. The molecule has 550 valence electrons. The summed E-state index contributed by atoms with van der Waals surface area (Å²) in [5.41, 5.74) is 0. The Morgan fingerprint density at radius 3 is 0.860 bits per heavy atom. The summed E-state index contributed by atoms with van der Waals surface area (Å²) in [6, 6.07) is 0. The van der Waals surface area contributed by atoms with Crippen LogP contribution in [0.2, 0.25) is 0 Å². The van der Waals surface area contributed by atoms with Gasteiger partial charge in [-0.05, 0) is 51.4 Å². The van der Waals surface area contributed by atoms with Crippen LogP contribution in [0.15, 0.2) is 36.5 Å². The number of ether oxygens (including phenoxy) is 2. The van der Waals surface area contributed by atoms with E-state index in [1.54, 1.807) is 0 Å². The van der Waals surface area contributed by atoms with Crippen LogP contribution in [0.4, 0.5) is 0 Å². The lowest BCUT2D eigenvalue weighted by atomic mass is 10.0. The van der Waals surface area contributed by atoms with Crippen molar-refractivity contribution >= 4 is 19.8 Å². The van der Waals surface area contributed by atoms with Crippen LogP contribution in [0, 0.1) is 0 Å². The van der Waals surface area contributed by atoms with E-state index in [0.29, 0.717) is 17.4 Å². The van der Waals surface area contributed by atoms with E-state index in [9.17, 15) is 19.0 Å². The highest BCUT2D eigenvalue weighted by atomic mass is 31.2. The molecule has 2 atom stereocenters. The van der Waals surface area contributed by atoms with E-state index in [1.165, 1.54) is 347 Å². The number of esters is 2. The number of phosphoric acid groups is 1. The number of quaternary nitrogens is 1. The third-order valence-electron chi connectivity index (χ3n) is 18.9. The minimum Gasteiger partial charge on any atom is -0.756 e. The summed E-state index contributed by atoms with van der Waals surface area (Å²) >= 11 is 0. The highest BCUT2D eigenvalue weighted by Crippen LogP contribution is 2.38. The molecule has 9 nitrogen and oxygen atoms in total. The first kappa shape index (κ1) is 91.2. The Balaban J connectivity index is 3.88. The van der Waals surface area contributed by atoms with Crippen LogP contribution in [0.5, 0.6) is 0 Å². The van der Waals surface area contributed by atoms with Crippen LogP contribution in [0.25, 0.3) is 0 Å². The van der Waals surface area contributed by atoms with Crippen molar-refractivity contribution in [1.82, 2.24) is 0 Å². The average Bonchev–Trinajstić information content (AvgIpc) is 2.02. The highest BCUT2D eigenvalue weighted by Gasteiger charge is 2.22. The van der Waals surface area contributed by atoms with Crippen molar-refractivity contribution in [3.05, 3.63) is 36.5 Å². The third-order valence-corrected chi connectivity index (χ3v) is 19.9. The van der Waals surface area contributed by atoms with E-state index in [2.05, 4.69) is 50.3 Å².